The Morgan fingerprint density at radius 1 is 1.26 bits per heavy atom. The van der Waals surface area contributed by atoms with Crippen LogP contribution >= 0.6 is 0 Å². The molecule has 1 aromatic carbocycles. The number of guanidine groups is 1. The van der Waals surface area contributed by atoms with E-state index in [1.165, 1.54) is 0 Å². The number of nitrogens with zero attached hydrogens (tertiary/aromatic N) is 2. The van der Waals surface area contributed by atoms with E-state index in [1.807, 2.05) is 30.3 Å². The van der Waals surface area contributed by atoms with Gasteiger partial charge < -0.3 is 31.8 Å². The van der Waals surface area contributed by atoms with Crippen molar-refractivity contribution >= 4 is 34.5 Å². The van der Waals surface area contributed by atoms with Crippen LogP contribution in [-0.4, -0.2) is 84.7 Å². The van der Waals surface area contributed by atoms with E-state index in [-0.39, 0.29) is 17.8 Å². The molecule has 8 N–H and O–H groups in total. The molecule has 35 heavy (non-hydrogen) atoms. The van der Waals surface area contributed by atoms with Crippen LogP contribution in [0.4, 0.5) is 0 Å². The molecule has 0 spiro atoms. The van der Waals surface area contributed by atoms with Gasteiger partial charge in [-0.3, -0.25) is 23.7 Å². The molecule has 0 bridgehead atoms. The maximum atomic E-state index is 13.1. The Morgan fingerprint density at radius 3 is 2.43 bits per heavy atom. The highest BCUT2D eigenvalue weighted by atomic mass is 32.3. The number of rotatable bonds is 11. The van der Waals surface area contributed by atoms with E-state index in [4.69, 9.17) is 29.0 Å². The zero-order valence-corrected chi connectivity index (χ0v) is 20.4. The van der Waals surface area contributed by atoms with E-state index in [2.05, 4.69) is 15.6 Å². The maximum absolute atomic E-state index is 13.1. The van der Waals surface area contributed by atoms with Crippen LogP contribution in [0.25, 0.3) is 0 Å². The lowest BCUT2D eigenvalue weighted by atomic mass is 10.0. The Kier molecular flexibility index (Phi) is 12.9. The number of aliphatic imine (C=N–C) groups is 1. The fourth-order valence-electron chi connectivity index (χ4n) is 3.64. The molecule has 2 amide bonds. The third-order valence-electron chi connectivity index (χ3n) is 5.23. The Balaban J connectivity index is 0.00000111. The quantitative estimate of drug-likeness (QED) is 0.0687. The number of benzene rings is 1. The Hall–Kier alpha value is -3.07. The summed E-state index contributed by atoms with van der Waals surface area (Å²) in [6.07, 6.45) is 3.58. The van der Waals surface area contributed by atoms with Crippen molar-refractivity contribution < 1.29 is 31.9 Å². The molecule has 1 aliphatic rings. The van der Waals surface area contributed by atoms with Gasteiger partial charge in [0.05, 0.1) is 12.1 Å². The summed E-state index contributed by atoms with van der Waals surface area (Å²) >= 11 is 0. The highest BCUT2D eigenvalue weighted by molar-refractivity contribution is 7.79. The van der Waals surface area contributed by atoms with Gasteiger partial charge in [-0.2, -0.15) is 8.42 Å². The molecule has 0 saturated carbocycles. The van der Waals surface area contributed by atoms with E-state index in [9.17, 15) is 14.4 Å². The number of hydrogen-bond donors (Lipinski definition) is 6. The second kappa shape index (κ2) is 15.0. The summed E-state index contributed by atoms with van der Waals surface area (Å²) in [5.74, 6) is -0.403. The Morgan fingerprint density at radius 2 is 1.89 bits per heavy atom. The molecule has 2 unspecified atom stereocenters. The predicted molar refractivity (Wildman–Crippen MR) is 130 cm³/mol. The van der Waals surface area contributed by atoms with Crippen LogP contribution in [0.1, 0.15) is 31.2 Å². The Labute approximate surface area is 204 Å². The number of carbonyl (C=O) groups excluding carboxylic acids is 3. The van der Waals surface area contributed by atoms with Crippen molar-refractivity contribution in [1.29, 1.82) is 0 Å². The van der Waals surface area contributed by atoms with Crippen molar-refractivity contribution in [2.45, 2.75) is 50.2 Å². The minimum atomic E-state index is -4.67. The van der Waals surface area contributed by atoms with Gasteiger partial charge in [0, 0.05) is 13.1 Å². The minimum Gasteiger partial charge on any atom is -0.370 e. The van der Waals surface area contributed by atoms with Crippen LogP contribution in [0.3, 0.4) is 0 Å². The highest BCUT2D eigenvalue weighted by Crippen LogP contribution is 2.20. The third kappa shape index (κ3) is 12.3. The summed E-state index contributed by atoms with van der Waals surface area (Å²) in [6, 6.07) is 8.14. The number of likely N-dealkylation sites (tertiary alicyclic amines) is 1. The lowest BCUT2D eigenvalue weighted by Gasteiger charge is -2.29. The van der Waals surface area contributed by atoms with E-state index in [0.29, 0.717) is 45.1 Å². The molecule has 0 aromatic heterocycles. The van der Waals surface area contributed by atoms with Gasteiger partial charge in [0.1, 0.15) is 12.3 Å². The van der Waals surface area contributed by atoms with Gasteiger partial charge in [-0.15, -0.1) is 0 Å². The summed E-state index contributed by atoms with van der Waals surface area (Å²) in [5.41, 5.74) is 11.6. The zero-order valence-electron chi connectivity index (χ0n) is 19.5. The summed E-state index contributed by atoms with van der Waals surface area (Å²) in [5, 5.41) is 5.83. The average molecular weight is 515 g/mol. The molecular weight excluding hydrogens is 480 g/mol. The standard InChI is InChI=1S/C21H32N6O3.H2O4S/c1-24-17(13-15-7-3-2-4-8-15)20(30)27-12-6-10-18(27)19(29)26-16(14-28)9-5-11-25-21(22)23;1-5(2,3)4/h2-4,7-8,14,16-18,24H,5-6,9-13H2,1H3,(H,26,29)(H4,22,23,25);(H2,1,2,3,4)/t16?,17?,18-;/m0./s1. The number of hydrogen-bond acceptors (Lipinski definition) is 7. The predicted octanol–water partition coefficient (Wildman–Crippen LogP) is -1.11. The Bertz CT molecular complexity index is 946. The van der Waals surface area contributed by atoms with Crippen LogP contribution in [0.5, 0.6) is 0 Å². The molecule has 1 heterocycles. The number of likely N-dealkylation sites (N-methyl/N-ethyl adjacent to an activating group) is 1. The normalized spacial score (nSPS) is 16.9. The minimum absolute atomic E-state index is 0.00334. The first-order chi connectivity index (χ1) is 16.5. The van der Waals surface area contributed by atoms with Gasteiger partial charge >= 0.3 is 10.4 Å². The topological polar surface area (TPSA) is 218 Å². The van der Waals surface area contributed by atoms with Crippen LogP contribution < -0.4 is 22.1 Å². The van der Waals surface area contributed by atoms with E-state index in [0.717, 1.165) is 12.0 Å². The maximum Gasteiger partial charge on any atom is 0.394 e. The van der Waals surface area contributed by atoms with Gasteiger partial charge in [0.25, 0.3) is 0 Å². The number of nitrogens with one attached hydrogen (secondary N) is 2. The first-order valence-electron chi connectivity index (χ1n) is 11.0. The zero-order chi connectivity index (χ0) is 26.4. The number of nitrogens with two attached hydrogens (primary N) is 2. The molecule has 1 saturated heterocycles. The van der Waals surface area contributed by atoms with Crippen molar-refractivity contribution in [3.8, 4) is 0 Å². The first kappa shape index (κ1) is 30.0. The second-order valence-corrected chi connectivity index (χ2v) is 8.76. The van der Waals surface area contributed by atoms with Gasteiger partial charge in [0.15, 0.2) is 5.96 Å². The van der Waals surface area contributed by atoms with E-state index >= 15 is 0 Å². The van der Waals surface area contributed by atoms with E-state index in [1.54, 1.807) is 11.9 Å². The molecule has 3 atom stereocenters. The fourth-order valence-corrected chi connectivity index (χ4v) is 3.64. The lowest BCUT2D eigenvalue weighted by molar-refractivity contribution is -0.140. The molecule has 1 aromatic rings. The largest absolute Gasteiger partial charge is 0.394 e. The second-order valence-electron chi connectivity index (χ2n) is 7.87. The van der Waals surface area contributed by atoms with Crippen molar-refractivity contribution in [3.63, 3.8) is 0 Å². The molecule has 14 heteroatoms. The SMILES string of the molecule is CNC(Cc1ccccc1)C(=O)N1CCC[C@H]1C(=O)NC(C=O)CCCN=C(N)N.O=S(=O)(O)O. The summed E-state index contributed by atoms with van der Waals surface area (Å²) < 4.78 is 31.6. The van der Waals surface area contributed by atoms with Crippen LogP contribution in [0.15, 0.2) is 35.3 Å². The number of carbonyl (C=O) groups is 3. The first-order valence-corrected chi connectivity index (χ1v) is 12.4. The average Bonchev–Trinajstić information content (AvgIpc) is 3.28. The highest BCUT2D eigenvalue weighted by Gasteiger charge is 2.37. The molecule has 1 aliphatic heterocycles. The molecule has 13 nitrogen and oxygen atoms in total. The van der Waals surface area contributed by atoms with Crippen molar-refractivity contribution in [2.24, 2.45) is 16.5 Å². The van der Waals surface area contributed by atoms with Crippen LogP contribution in [0.2, 0.25) is 0 Å². The van der Waals surface area contributed by atoms with Gasteiger partial charge in [0.2, 0.25) is 11.8 Å². The third-order valence-corrected chi connectivity index (χ3v) is 5.23. The van der Waals surface area contributed by atoms with Crippen LogP contribution in [0, 0.1) is 0 Å². The number of aldehydes is 1. The molecule has 0 radical (unpaired) electrons. The van der Waals surface area contributed by atoms with Gasteiger partial charge in [-0.25, -0.2) is 0 Å². The fraction of sp³-hybridized carbons (Fsp3) is 0.524. The summed E-state index contributed by atoms with van der Waals surface area (Å²) in [4.78, 5) is 42.8. The van der Waals surface area contributed by atoms with Crippen molar-refractivity contribution in [1.82, 2.24) is 15.5 Å². The van der Waals surface area contributed by atoms with E-state index < -0.39 is 28.5 Å². The molecule has 1 fully saturated rings. The molecule has 0 aliphatic carbocycles. The summed E-state index contributed by atoms with van der Waals surface area (Å²) in [7, 11) is -2.92. The molecular formula is C21H34N6O7S. The molecule has 2 rings (SSSR count). The number of amides is 2. The lowest BCUT2D eigenvalue weighted by Crippen LogP contribution is -2.54. The monoisotopic (exact) mass is 514 g/mol. The summed E-state index contributed by atoms with van der Waals surface area (Å²) in [6.45, 7) is 0.917. The van der Waals surface area contributed by atoms with Crippen molar-refractivity contribution in [2.75, 3.05) is 20.1 Å². The van der Waals surface area contributed by atoms with Crippen molar-refractivity contribution in [3.05, 3.63) is 35.9 Å². The van der Waals surface area contributed by atoms with Gasteiger partial charge in [-0.05, 0) is 44.7 Å². The van der Waals surface area contributed by atoms with Gasteiger partial charge in [-0.1, -0.05) is 30.3 Å². The van der Waals surface area contributed by atoms with Crippen LogP contribution in [-0.2, 0) is 31.2 Å². The smallest absolute Gasteiger partial charge is 0.370 e. The molecule has 196 valence electrons.